The number of halogens is 1. The van der Waals surface area contributed by atoms with E-state index < -0.39 is 27.9 Å². The molecular formula is C64H71ClN10O9S. The number of rotatable bonds is 18. The number of imide groups is 1. The van der Waals surface area contributed by atoms with Crippen LogP contribution in [-0.4, -0.2) is 132 Å². The molecule has 2 unspecified atom stereocenters. The number of aromatic nitrogens is 2. The first-order chi connectivity index (χ1) is 40.9. The number of allylic oxidation sites excluding steroid dienone is 1. The minimum absolute atomic E-state index is 0.0308. The third-order valence-electron chi connectivity index (χ3n) is 17.0. The molecule has 0 radical (unpaired) electrons. The van der Waals surface area contributed by atoms with E-state index in [9.17, 15) is 38.0 Å². The highest BCUT2D eigenvalue weighted by molar-refractivity contribution is 7.90. The highest BCUT2D eigenvalue weighted by Gasteiger charge is 2.39. The van der Waals surface area contributed by atoms with Crippen molar-refractivity contribution in [3.8, 4) is 23.3 Å². The Balaban J connectivity index is 0.690. The fraction of sp³-hybridized carbons (Fsp3) is 0.391. The molecule has 2 atom stereocenters. The molecule has 4 aromatic carbocycles. The summed E-state index contributed by atoms with van der Waals surface area (Å²) in [6.45, 7) is 12.1. The molecule has 2 aromatic heterocycles. The van der Waals surface area contributed by atoms with Crippen LogP contribution in [0, 0.1) is 23.2 Å². The number of nitrogens with zero attached hydrogens (tertiary/aromatic N) is 6. The predicted octanol–water partition coefficient (Wildman–Crippen LogP) is 9.60. The van der Waals surface area contributed by atoms with Crippen LogP contribution in [0.4, 0.5) is 17.1 Å². The number of hydrogen-bond donors (Lipinski definition) is 6. The Morgan fingerprint density at radius 1 is 0.918 bits per heavy atom. The van der Waals surface area contributed by atoms with Gasteiger partial charge in [-0.2, -0.15) is 0 Å². The molecule has 4 aliphatic heterocycles. The Hall–Kier alpha value is -7.77. The summed E-state index contributed by atoms with van der Waals surface area (Å²) in [5.74, 6) is 5.29. The van der Waals surface area contributed by atoms with Crippen molar-refractivity contribution in [3.63, 3.8) is 0 Å². The highest BCUT2D eigenvalue weighted by atomic mass is 35.5. The van der Waals surface area contributed by atoms with Gasteiger partial charge in [0.1, 0.15) is 28.9 Å². The van der Waals surface area contributed by atoms with Crippen molar-refractivity contribution in [1.82, 2.24) is 34.7 Å². The number of amides is 4. The Morgan fingerprint density at radius 3 is 2.54 bits per heavy atom. The van der Waals surface area contributed by atoms with Gasteiger partial charge in [0.25, 0.3) is 21.8 Å². The number of nitrogens with one attached hydrogen (secondary N) is 4. The quantitative estimate of drug-likeness (QED) is 0.0204. The second kappa shape index (κ2) is 25.4. The minimum Gasteiger partial charge on any atom is -0.455 e. The number of pyridine rings is 1. The summed E-state index contributed by atoms with van der Waals surface area (Å²) in [6, 6.07) is 25.6. The van der Waals surface area contributed by atoms with E-state index in [4.69, 9.17) is 16.3 Å². The summed E-state index contributed by atoms with van der Waals surface area (Å²) in [5, 5.41) is 27.8. The molecule has 6 heterocycles. The highest BCUT2D eigenvalue weighted by Crippen LogP contribution is 2.44. The van der Waals surface area contributed by atoms with Crippen LogP contribution in [-0.2, 0) is 26.2 Å². The smallest absolute Gasteiger partial charge is 0.268 e. The molecule has 5 aliphatic rings. The molecule has 21 heteroatoms. The van der Waals surface area contributed by atoms with Crippen molar-refractivity contribution >= 4 is 78.9 Å². The molecule has 3 saturated heterocycles. The largest absolute Gasteiger partial charge is 0.455 e. The molecule has 444 valence electrons. The van der Waals surface area contributed by atoms with Crippen LogP contribution in [0.25, 0.3) is 16.6 Å². The maximum absolute atomic E-state index is 14.2. The molecular weight excluding hydrogens is 1120 g/mol. The Bertz CT molecular complexity index is 3740. The van der Waals surface area contributed by atoms with E-state index in [1.165, 1.54) is 39.9 Å². The van der Waals surface area contributed by atoms with Gasteiger partial charge in [0.05, 0.1) is 22.3 Å². The zero-order chi connectivity index (χ0) is 59.4. The summed E-state index contributed by atoms with van der Waals surface area (Å²) < 4.78 is 36.7. The SMILES string of the molecule is CC1(C)CCC(CN2CCN(c3ccc(C(=O)NS(=O)(=O)c4ccc(NCC5CCCN(CCCCC#Cc6ccc7c(c6)CN(C6CCC(=O)NC6=O)C7=O)C5)c(N(O)O)c4)c(Oc4cnc5[nH]ccc5c4)c3)CC2)=C(c2ccc(Cl)cc2)C1. The summed E-state index contributed by atoms with van der Waals surface area (Å²) in [6.07, 6.45) is 11.5. The first-order valence-corrected chi connectivity index (χ1v) is 31.1. The fourth-order valence-electron chi connectivity index (χ4n) is 12.4. The Morgan fingerprint density at radius 2 is 1.74 bits per heavy atom. The van der Waals surface area contributed by atoms with Gasteiger partial charge < -0.3 is 29.7 Å². The van der Waals surface area contributed by atoms with Gasteiger partial charge in [-0.3, -0.25) is 39.8 Å². The van der Waals surface area contributed by atoms with Crippen molar-refractivity contribution < 1.29 is 42.7 Å². The molecule has 6 N–H and O–H groups in total. The molecule has 1 aliphatic carbocycles. The van der Waals surface area contributed by atoms with E-state index in [-0.39, 0.29) is 56.7 Å². The molecule has 0 spiro atoms. The lowest BCUT2D eigenvalue weighted by atomic mass is 9.72. The second-order valence-electron chi connectivity index (χ2n) is 23.7. The third kappa shape index (κ3) is 14.0. The number of sulfonamides is 1. The van der Waals surface area contributed by atoms with Crippen LogP contribution < -0.4 is 30.2 Å². The van der Waals surface area contributed by atoms with Gasteiger partial charge in [-0.05, 0) is 165 Å². The molecule has 3 fully saturated rings. The van der Waals surface area contributed by atoms with Gasteiger partial charge in [0.15, 0.2) is 0 Å². The van der Waals surface area contributed by atoms with E-state index in [0.29, 0.717) is 61.7 Å². The van der Waals surface area contributed by atoms with Crippen molar-refractivity contribution in [2.24, 2.45) is 11.3 Å². The number of fused-ring (bicyclic) bond motifs is 2. The van der Waals surface area contributed by atoms with Crippen molar-refractivity contribution in [3.05, 3.63) is 142 Å². The number of hydrogen-bond acceptors (Lipinski definition) is 15. The normalized spacial score (nSPS) is 19.3. The van der Waals surface area contributed by atoms with Gasteiger partial charge in [-0.15, -0.1) is 5.23 Å². The molecule has 19 nitrogen and oxygen atoms in total. The monoisotopic (exact) mass is 1190 g/mol. The van der Waals surface area contributed by atoms with Crippen molar-refractivity contribution in [2.45, 2.75) is 95.5 Å². The van der Waals surface area contributed by atoms with Crippen LogP contribution >= 0.6 is 11.6 Å². The number of carbonyl (C=O) groups is 4. The maximum atomic E-state index is 14.2. The summed E-state index contributed by atoms with van der Waals surface area (Å²) >= 11 is 6.28. The number of anilines is 3. The zero-order valence-corrected chi connectivity index (χ0v) is 49.4. The van der Waals surface area contributed by atoms with E-state index in [0.717, 1.165) is 118 Å². The first kappa shape index (κ1) is 59.0. The van der Waals surface area contributed by atoms with E-state index in [2.05, 4.69) is 77.8 Å². The molecule has 0 bridgehead atoms. The second-order valence-corrected chi connectivity index (χ2v) is 25.8. The van der Waals surface area contributed by atoms with Crippen LogP contribution in [0.2, 0.25) is 5.02 Å². The van der Waals surface area contributed by atoms with Crippen LogP contribution in [0.5, 0.6) is 11.5 Å². The average molecular weight is 1190 g/mol. The molecule has 4 amide bonds. The number of H-pyrrole nitrogens is 1. The number of benzene rings is 4. The summed E-state index contributed by atoms with van der Waals surface area (Å²) in [7, 11) is -4.58. The van der Waals surface area contributed by atoms with Gasteiger partial charge >= 0.3 is 0 Å². The lowest BCUT2D eigenvalue weighted by molar-refractivity contribution is -0.136. The molecule has 6 aromatic rings. The number of piperazine rings is 1. The molecule has 0 saturated carbocycles. The van der Waals surface area contributed by atoms with Crippen LogP contribution in [0.15, 0.2) is 114 Å². The minimum atomic E-state index is -4.58. The first-order valence-electron chi connectivity index (χ1n) is 29.2. The number of aromatic amines is 1. The number of likely N-dealkylation sites (tertiary alicyclic amines) is 1. The Kier molecular flexibility index (Phi) is 17.7. The summed E-state index contributed by atoms with van der Waals surface area (Å²) in [5.41, 5.74) is 8.00. The third-order valence-corrected chi connectivity index (χ3v) is 18.6. The van der Waals surface area contributed by atoms with E-state index in [1.54, 1.807) is 36.5 Å². The van der Waals surface area contributed by atoms with Gasteiger partial charge in [-0.25, -0.2) is 18.1 Å². The van der Waals surface area contributed by atoms with Gasteiger partial charge in [-0.1, -0.05) is 55.0 Å². The average Bonchev–Trinajstić information content (AvgIpc) is 2.50. The molecule has 85 heavy (non-hydrogen) atoms. The lowest BCUT2D eigenvalue weighted by Crippen LogP contribution is -2.52. The zero-order valence-electron chi connectivity index (χ0n) is 47.8. The lowest BCUT2D eigenvalue weighted by Gasteiger charge is -2.39. The van der Waals surface area contributed by atoms with Crippen molar-refractivity contribution in [1.29, 1.82) is 0 Å². The maximum Gasteiger partial charge on any atom is 0.268 e. The number of ether oxygens (including phenoxy) is 1. The fourth-order valence-corrected chi connectivity index (χ4v) is 13.5. The number of unbranched alkanes of at least 4 members (excludes halogenated alkanes) is 2. The van der Waals surface area contributed by atoms with Crippen LogP contribution in [0.3, 0.4) is 0 Å². The van der Waals surface area contributed by atoms with Crippen molar-refractivity contribution in [2.75, 3.05) is 74.3 Å². The number of carbonyl (C=O) groups excluding carboxylic acids is 4. The van der Waals surface area contributed by atoms with E-state index >= 15 is 0 Å². The van der Waals surface area contributed by atoms with Crippen LogP contribution in [0.1, 0.15) is 115 Å². The predicted molar refractivity (Wildman–Crippen MR) is 325 cm³/mol. The summed E-state index contributed by atoms with van der Waals surface area (Å²) in [4.78, 5) is 67.2. The van der Waals surface area contributed by atoms with E-state index in [1.807, 2.05) is 30.3 Å². The number of piperidine rings is 2. The topological polar surface area (TPSA) is 233 Å². The van der Waals surface area contributed by atoms with Gasteiger partial charge in [0.2, 0.25) is 11.8 Å². The molecule has 11 rings (SSSR count). The Labute approximate surface area is 500 Å². The van der Waals surface area contributed by atoms with Gasteiger partial charge in [0, 0.05) is 105 Å². The standard InChI is InChI=1S/C64H71ClN10O9S/c1-64(2)24-22-46(54(36-64)44-11-13-48(65)14-12-44)40-72-28-30-73(31-29-72)49-15-18-53(58(34-49)84-50-33-45-23-25-66-60(45)68-38-50)61(77)70-85(82,83)51-16-19-55(57(35-51)75(80)81)67-37-43-9-7-27-71(39-43)26-6-4-3-5-8-42-10-17-52-47(32-42)41-74(63(52)79)56-20-21-59(76)69-62(56)78/h10-19,23,25,32-35,38,43,56,67,80-81H,3-4,6-7,9,20-22,24,26-31,36-37,39-41H2,1-2H3,(H,66,68)(H,70,77)(H,69,76,78).